The Morgan fingerprint density at radius 2 is 1.87 bits per heavy atom. The first-order valence-electron chi connectivity index (χ1n) is 4.57. The maximum atomic E-state index is 11.9. The van der Waals surface area contributed by atoms with E-state index in [9.17, 15) is 18.3 Å². The molecule has 2 heterocycles. The lowest BCUT2D eigenvalue weighted by Gasteiger charge is -2.17. The molecule has 2 rings (SSSR count). The van der Waals surface area contributed by atoms with Crippen molar-refractivity contribution in [3.8, 4) is 0 Å². The number of halogens is 3. The minimum absolute atomic E-state index is 0.0302. The average molecular weight is 228 g/mol. The molecule has 0 aromatic carbocycles. The van der Waals surface area contributed by atoms with Gasteiger partial charge in [0.2, 0.25) is 0 Å². The third kappa shape index (κ3) is 2.41. The topological polar surface area (TPSA) is 47.9 Å². The fourth-order valence-corrected chi connectivity index (χ4v) is 1.79. The van der Waals surface area contributed by atoms with Crippen LogP contribution in [-0.4, -0.2) is 55.5 Å². The highest BCUT2D eigenvalue weighted by molar-refractivity contribution is 4.94. The Hall–Kier alpha value is -0.370. The molecule has 0 spiro atoms. The molecular formula is C8H11F3O4. The third-order valence-corrected chi connectivity index (χ3v) is 2.44. The summed E-state index contributed by atoms with van der Waals surface area (Å²) >= 11 is 0. The van der Waals surface area contributed by atoms with Crippen molar-refractivity contribution in [1.29, 1.82) is 0 Å². The largest absolute Gasteiger partial charge is 0.411 e. The first-order valence-corrected chi connectivity index (χ1v) is 4.57. The highest BCUT2D eigenvalue weighted by atomic mass is 19.4. The minimum atomic E-state index is -4.35. The van der Waals surface area contributed by atoms with Gasteiger partial charge in [-0.25, -0.2) is 0 Å². The van der Waals surface area contributed by atoms with Gasteiger partial charge < -0.3 is 19.3 Å². The molecule has 2 saturated heterocycles. The number of fused-ring (bicyclic) bond motifs is 1. The molecule has 0 bridgehead atoms. The molecule has 0 amide bonds. The molecule has 88 valence electrons. The van der Waals surface area contributed by atoms with Crippen LogP contribution in [0.1, 0.15) is 0 Å². The van der Waals surface area contributed by atoms with E-state index in [0.717, 1.165) is 0 Å². The van der Waals surface area contributed by atoms with Crippen LogP contribution < -0.4 is 0 Å². The van der Waals surface area contributed by atoms with Crippen LogP contribution in [0.15, 0.2) is 0 Å². The highest BCUT2D eigenvalue weighted by Crippen LogP contribution is 2.29. The zero-order valence-electron chi connectivity index (χ0n) is 7.74. The van der Waals surface area contributed by atoms with Gasteiger partial charge in [-0.1, -0.05) is 0 Å². The van der Waals surface area contributed by atoms with Gasteiger partial charge in [-0.15, -0.1) is 0 Å². The Labute approximate surface area is 83.9 Å². The highest BCUT2D eigenvalue weighted by Gasteiger charge is 2.48. The lowest BCUT2D eigenvalue weighted by molar-refractivity contribution is -0.192. The first-order chi connectivity index (χ1) is 6.97. The van der Waals surface area contributed by atoms with E-state index in [4.69, 9.17) is 9.47 Å². The van der Waals surface area contributed by atoms with Crippen LogP contribution >= 0.6 is 0 Å². The van der Waals surface area contributed by atoms with Gasteiger partial charge in [0.05, 0.1) is 13.2 Å². The summed E-state index contributed by atoms with van der Waals surface area (Å²) in [5, 5.41) is 9.32. The first kappa shape index (κ1) is 11.1. The van der Waals surface area contributed by atoms with Gasteiger partial charge in [0.25, 0.3) is 0 Å². The van der Waals surface area contributed by atoms with E-state index < -0.39 is 37.2 Å². The van der Waals surface area contributed by atoms with Crippen LogP contribution in [0.2, 0.25) is 0 Å². The molecular weight excluding hydrogens is 217 g/mol. The minimum Gasteiger partial charge on any atom is -0.388 e. The molecule has 7 heteroatoms. The van der Waals surface area contributed by atoms with Gasteiger partial charge in [0, 0.05) is 0 Å². The van der Waals surface area contributed by atoms with Crippen molar-refractivity contribution in [1.82, 2.24) is 0 Å². The monoisotopic (exact) mass is 228 g/mol. The van der Waals surface area contributed by atoms with Gasteiger partial charge in [-0.2, -0.15) is 13.2 Å². The average Bonchev–Trinajstić information content (AvgIpc) is 2.65. The fraction of sp³-hybridized carbons (Fsp3) is 1.00. The number of ether oxygens (including phenoxy) is 3. The Balaban J connectivity index is 1.85. The van der Waals surface area contributed by atoms with Crippen molar-refractivity contribution in [3.05, 3.63) is 0 Å². The van der Waals surface area contributed by atoms with Crippen molar-refractivity contribution in [2.75, 3.05) is 19.8 Å². The Kier molecular flexibility index (Phi) is 2.89. The predicted octanol–water partition coefficient (Wildman–Crippen LogP) is 0.0924. The summed E-state index contributed by atoms with van der Waals surface area (Å²) in [6.45, 7) is -1.20. The second-order valence-electron chi connectivity index (χ2n) is 3.63. The molecule has 0 aromatic heterocycles. The Bertz CT molecular complexity index is 232. The SMILES string of the molecule is OC1CO[C@@H]2C(OCC(F)(F)F)CO[C@H]12. The Morgan fingerprint density at radius 1 is 1.20 bits per heavy atom. The Morgan fingerprint density at radius 3 is 2.53 bits per heavy atom. The molecule has 0 radical (unpaired) electrons. The lowest BCUT2D eigenvalue weighted by Crippen LogP contribution is -2.35. The standard InChI is InChI=1S/C8H11F3O4/c9-8(10,11)3-15-5-2-14-6-4(12)1-13-7(5)6/h4-7,12H,1-3H2/t4?,5?,6-,7-/m1/s1. The van der Waals surface area contributed by atoms with Gasteiger partial charge in [0.15, 0.2) is 0 Å². The maximum Gasteiger partial charge on any atom is 0.411 e. The lowest BCUT2D eigenvalue weighted by atomic mass is 10.1. The number of aliphatic hydroxyl groups excluding tert-OH is 1. The van der Waals surface area contributed by atoms with E-state index in [-0.39, 0.29) is 13.2 Å². The van der Waals surface area contributed by atoms with E-state index in [2.05, 4.69) is 4.74 Å². The second kappa shape index (κ2) is 3.89. The summed E-state index contributed by atoms with van der Waals surface area (Å²) in [4.78, 5) is 0. The fourth-order valence-electron chi connectivity index (χ4n) is 1.79. The number of hydrogen-bond acceptors (Lipinski definition) is 4. The van der Waals surface area contributed by atoms with Crippen molar-refractivity contribution >= 4 is 0 Å². The molecule has 2 aliphatic heterocycles. The summed E-state index contributed by atoms with van der Waals surface area (Å²) in [6, 6.07) is 0. The molecule has 0 aliphatic carbocycles. The second-order valence-corrected chi connectivity index (χ2v) is 3.63. The number of alkyl halides is 3. The van der Waals surface area contributed by atoms with Crippen molar-refractivity contribution in [2.24, 2.45) is 0 Å². The molecule has 4 nitrogen and oxygen atoms in total. The van der Waals surface area contributed by atoms with Crippen LogP contribution in [0.5, 0.6) is 0 Å². The van der Waals surface area contributed by atoms with E-state index in [0.29, 0.717) is 0 Å². The summed E-state index contributed by atoms with van der Waals surface area (Å²) < 4.78 is 50.5. The quantitative estimate of drug-likeness (QED) is 0.727. The number of aliphatic hydroxyl groups is 1. The van der Waals surface area contributed by atoms with E-state index in [1.54, 1.807) is 0 Å². The maximum absolute atomic E-state index is 11.9. The molecule has 0 saturated carbocycles. The normalized spacial score (nSPS) is 40.8. The molecule has 2 unspecified atom stereocenters. The molecule has 1 N–H and O–H groups in total. The zero-order chi connectivity index (χ0) is 11.1. The van der Waals surface area contributed by atoms with Gasteiger partial charge in [-0.3, -0.25) is 0 Å². The molecule has 15 heavy (non-hydrogen) atoms. The molecule has 2 aliphatic rings. The van der Waals surface area contributed by atoms with E-state index in [1.165, 1.54) is 0 Å². The van der Waals surface area contributed by atoms with E-state index >= 15 is 0 Å². The molecule has 0 aromatic rings. The third-order valence-electron chi connectivity index (χ3n) is 2.44. The molecule has 4 atom stereocenters. The van der Waals surface area contributed by atoms with Crippen LogP contribution in [-0.2, 0) is 14.2 Å². The summed E-state index contributed by atoms with van der Waals surface area (Å²) in [5.74, 6) is 0. The molecule has 2 fully saturated rings. The summed E-state index contributed by atoms with van der Waals surface area (Å²) in [6.07, 6.45) is -7.00. The van der Waals surface area contributed by atoms with Crippen molar-refractivity contribution < 1.29 is 32.5 Å². The number of hydrogen-bond donors (Lipinski definition) is 1. The zero-order valence-corrected chi connectivity index (χ0v) is 7.74. The van der Waals surface area contributed by atoms with Crippen LogP contribution in [0.4, 0.5) is 13.2 Å². The van der Waals surface area contributed by atoms with Gasteiger partial charge in [-0.05, 0) is 0 Å². The van der Waals surface area contributed by atoms with Crippen molar-refractivity contribution in [2.45, 2.75) is 30.6 Å². The van der Waals surface area contributed by atoms with Gasteiger partial charge >= 0.3 is 6.18 Å². The predicted molar refractivity (Wildman–Crippen MR) is 41.3 cm³/mol. The summed E-state index contributed by atoms with van der Waals surface area (Å²) in [5.41, 5.74) is 0. The van der Waals surface area contributed by atoms with Crippen LogP contribution in [0.3, 0.4) is 0 Å². The van der Waals surface area contributed by atoms with E-state index in [1.807, 2.05) is 0 Å². The summed E-state index contributed by atoms with van der Waals surface area (Å²) in [7, 11) is 0. The smallest absolute Gasteiger partial charge is 0.388 e. The van der Waals surface area contributed by atoms with Crippen molar-refractivity contribution in [3.63, 3.8) is 0 Å². The number of rotatable bonds is 2. The van der Waals surface area contributed by atoms with Crippen LogP contribution in [0, 0.1) is 0 Å². The van der Waals surface area contributed by atoms with Gasteiger partial charge in [0.1, 0.15) is 31.0 Å². The van der Waals surface area contributed by atoms with Crippen LogP contribution in [0.25, 0.3) is 0 Å².